The molecule has 19 heavy (non-hydrogen) atoms. The summed E-state index contributed by atoms with van der Waals surface area (Å²) in [4.78, 5) is 23.6. The van der Waals surface area contributed by atoms with Crippen LogP contribution in [0.25, 0.3) is 0 Å². The lowest BCUT2D eigenvalue weighted by Gasteiger charge is -2.26. The summed E-state index contributed by atoms with van der Waals surface area (Å²) in [5.74, 6) is -0.220. The van der Waals surface area contributed by atoms with Crippen molar-refractivity contribution >= 4 is 11.8 Å². The van der Waals surface area contributed by atoms with Gasteiger partial charge in [-0.05, 0) is 19.3 Å². The predicted octanol–water partition coefficient (Wildman–Crippen LogP) is 0.559. The number of methoxy groups -OCH3 is 2. The van der Waals surface area contributed by atoms with E-state index in [0.717, 1.165) is 12.8 Å². The summed E-state index contributed by atoms with van der Waals surface area (Å²) in [5.41, 5.74) is 0. The van der Waals surface area contributed by atoms with Gasteiger partial charge in [-0.2, -0.15) is 0 Å². The number of amides is 2. The molecule has 6 heteroatoms. The largest absolute Gasteiger partial charge is 0.354 e. The molecule has 1 rings (SSSR count). The second-order valence-corrected chi connectivity index (χ2v) is 4.73. The van der Waals surface area contributed by atoms with Crippen molar-refractivity contribution in [3.05, 3.63) is 0 Å². The SMILES string of the molecule is CCC(NC(=O)C1CCCCC(=O)N1)C(OC)OC. The summed E-state index contributed by atoms with van der Waals surface area (Å²) in [6, 6.07) is -0.666. The minimum Gasteiger partial charge on any atom is -0.354 e. The fourth-order valence-electron chi connectivity index (χ4n) is 2.24. The Morgan fingerprint density at radius 1 is 1.42 bits per heavy atom. The van der Waals surface area contributed by atoms with Gasteiger partial charge in [-0.3, -0.25) is 9.59 Å². The third-order valence-corrected chi connectivity index (χ3v) is 3.36. The smallest absolute Gasteiger partial charge is 0.242 e. The van der Waals surface area contributed by atoms with Crippen LogP contribution in [0.3, 0.4) is 0 Å². The third-order valence-electron chi connectivity index (χ3n) is 3.36. The molecule has 110 valence electrons. The molecule has 1 aliphatic rings. The van der Waals surface area contributed by atoms with E-state index in [1.165, 1.54) is 14.2 Å². The molecular formula is C13H24N2O4. The Labute approximate surface area is 114 Å². The van der Waals surface area contributed by atoms with Crippen molar-refractivity contribution in [1.82, 2.24) is 10.6 Å². The summed E-state index contributed by atoms with van der Waals surface area (Å²) in [7, 11) is 3.08. The third kappa shape index (κ3) is 4.80. The van der Waals surface area contributed by atoms with Gasteiger partial charge in [-0.15, -0.1) is 0 Å². The zero-order valence-corrected chi connectivity index (χ0v) is 11.9. The maximum Gasteiger partial charge on any atom is 0.242 e. The van der Waals surface area contributed by atoms with Gasteiger partial charge in [0.1, 0.15) is 6.04 Å². The first-order valence-electron chi connectivity index (χ1n) is 6.77. The monoisotopic (exact) mass is 272 g/mol. The number of carbonyl (C=O) groups is 2. The van der Waals surface area contributed by atoms with Crippen molar-refractivity contribution in [3.8, 4) is 0 Å². The summed E-state index contributed by atoms with van der Waals surface area (Å²) in [5, 5.41) is 5.63. The molecule has 0 radical (unpaired) electrons. The van der Waals surface area contributed by atoms with Crippen LogP contribution in [0.4, 0.5) is 0 Å². The maximum atomic E-state index is 12.2. The second-order valence-electron chi connectivity index (χ2n) is 4.73. The van der Waals surface area contributed by atoms with E-state index in [0.29, 0.717) is 19.3 Å². The lowest BCUT2D eigenvalue weighted by Crippen LogP contribution is -2.52. The topological polar surface area (TPSA) is 76.7 Å². The molecule has 0 aromatic heterocycles. The fourth-order valence-corrected chi connectivity index (χ4v) is 2.24. The molecule has 1 saturated heterocycles. The zero-order valence-electron chi connectivity index (χ0n) is 11.9. The lowest BCUT2D eigenvalue weighted by molar-refractivity contribution is -0.140. The van der Waals surface area contributed by atoms with Gasteiger partial charge in [0.25, 0.3) is 0 Å². The van der Waals surface area contributed by atoms with Gasteiger partial charge in [0.15, 0.2) is 6.29 Å². The van der Waals surface area contributed by atoms with Gasteiger partial charge in [0.05, 0.1) is 6.04 Å². The maximum absolute atomic E-state index is 12.2. The Bertz CT molecular complexity index is 305. The van der Waals surface area contributed by atoms with Gasteiger partial charge in [0.2, 0.25) is 11.8 Å². The van der Waals surface area contributed by atoms with E-state index in [1.54, 1.807) is 0 Å². The highest BCUT2D eigenvalue weighted by Crippen LogP contribution is 2.11. The molecule has 6 nitrogen and oxygen atoms in total. The molecule has 1 fully saturated rings. The van der Waals surface area contributed by atoms with Gasteiger partial charge in [-0.1, -0.05) is 13.3 Å². The summed E-state index contributed by atoms with van der Waals surface area (Å²) in [6.07, 6.45) is 3.12. The summed E-state index contributed by atoms with van der Waals surface area (Å²) < 4.78 is 10.3. The first kappa shape index (κ1) is 15.9. The van der Waals surface area contributed by atoms with Gasteiger partial charge in [-0.25, -0.2) is 0 Å². The molecule has 0 aromatic rings. The van der Waals surface area contributed by atoms with Crippen LogP contribution in [-0.2, 0) is 19.1 Å². The van der Waals surface area contributed by atoms with Crippen molar-refractivity contribution in [3.63, 3.8) is 0 Å². The minimum atomic E-state index is -0.476. The number of rotatable bonds is 6. The molecular weight excluding hydrogens is 248 g/mol. The van der Waals surface area contributed by atoms with Gasteiger partial charge >= 0.3 is 0 Å². The highest BCUT2D eigenvalue weighted by atomic mass is 16.7. The molecule has 0 aromatic carbocycles. The Kier molecular flexibility index (Phi) is 6.80. The van der Waals surface area contributed by atoms with E-state index in [-0.39, 0.29) is 17.9 Å². The van der Waals surface area contributed by atoms with Gasteiger partial charge in [0, 0.05) is 20.6 Å². The number of carbonyl (C=O) groups excluding carboxylic acids is 2. The van der Waals surface area contributed by atoms with Crippen molar-refractivity contribution in [2.75, 3.05) is 14.2 Å². The number of ether oxygens (including phenoxy) is 2. The van der Waals surface area contributed by atoms with Crippen molar-refractivity contribution in [1.29, 1.82) is 0 Å². The van der Waals surface area contributed by atoms with Crippen molar-refractivity contribution in [2.45, 2.75) is 57.4 Å². The van der Waals surface area contributed by atoms with E-state index in [2.05, 4.69) is 10.6 Å². The van der Waals surface area contributed by atoms with Gasteiger partial charge < -0.3 is 20.1 Å². The van der Waals surface area contributed by atoms with E-state index in [4.69, 9.17) is 9.47 Å². The van der Waals surface area contributed by atoms with Crippen LogP contribution in [0.2, 0.25) is 0 Å². The van der Waals surface area contributed by atoms with Crippen molar-refractivity contribution < 1.29 is 19.1 Å². The number of hydrogen-bond donors (Lipinski definition) is 2. The molecule has 0 saturated carbocycles. The van der Waals surface area contributed by atoms with Crippen LogP contribution in [0.5, 0.6) is 0 Å². The molecule has 0 spiro atoms. The van der Waals surface area contributed by atoms with Crippen LogP contribution < -0.4 is 10.6 Å². The molecule has 2 N–H and O–H groups in total. The summed E-state index contributed by atoms with van der Waals surface area (Å²) in [6.45, 7) is 1.95. The highest BCUT2D eigenvalue weighted by molar-refractivity contribution is 5.88. The second kappa shape index (κ2) is 8.12. The van der Waals surface area contributed by atoms with E-state index in [1.807, 2.05) is 6.92 Å². The highest BCUT2D eigenvalue weighted by Gasteiger charge is 2.27. The minimum absolute atomic E-state index is 0.0549. The predicted molar refractivity (Wildman–Crippen MR) is 70.4 cm³/mol. The average molecular weight is 272 g/mol. The van der Waals surface area contributed by atoms with E-state index >= 15 is 0 Å². The zero-order chi connectivity index (χ0) is 14.3. The Hall–Kier alpha value is -1.14. The lowest BCUT2D eigenvalue weighted by atomic mass is 10.1. The Morgan fingerprint density at radius 2 is 2.11 bits per heavy atom. The molecule has 2 amide bonds. The van der Waals surface area contributed by atoms with Crippen LogP contribution in [0.1, 0.15) is 39.0 Å². The van der Waals surface area contributed by atoms with E-state index < -0.39 is 12.3 Å². The molecule has 0 aliphatic carbocycles. The quantitative estimate of drug-likeness (QED) is 0.693. The summed E-state index contributed by atoms with van der Waals surface area (Å²) >= 11 is 0. The standard InChI is InChI=1S/C13H24N2O4/c1-4-9(13(18-2)19-3)15-12(17)10-7-5-6-8-11(16)14-10/h9-10,13H,4-8H2,1-3H3,(H,14,16)(H,15,17). The normalized spacial score (nSPS) is 21.7. The molecule has 2 unspecified atom stereocenters. The fraction of sp³-hybridized carbons (Fsp3) is 0.846. The van der Waals surface area contributed by atoms with Crippen LogP contribution in [0.15, 0.2) is 0 Å². The molecule has 1 aliphatic heterocycles. The van der Waals surface area contributed by atoms with Crippen LogP contribution in [0, 0.1) is 0 Å². The molecule has 2 atom stereocenters. The Morgan fingerprint density at radius 3 is 2.68 bits per heavy atom. The number of hydrogen-bond acceptors (Lipinski definition) is 4. The Balaban J connectivity index is 2.58. The van der Waals surface area contributed by atoms with Crippen LogP contribution >= 0.6 is 0 Å². The molecule has 0 bridgehead atoms. The number of nitrogens with one attached hydrogen (secondary N) is 2. The first-order valence-corrected chi connectivity index (χ1v) is 6.77. The van der Waals surface area contributed by atoms with Crippen molar-refractivity contribution in [2.24, 2.45) is 0 Å². The average Bonchev–Trinajstić information content (AvgIpc) is 2.63. The first-order chi connectivity index (χ1) is 9.12. The van der Waals surface area contributed by atoms with E-state index in [9.17, 15) is 9.59 Å². The molecule has 1 heterocycles. The van der Waals surface area contributed by atoms with Crippen LogP contribution in [-0.4, -0.2) is 44.4 Å².